The highest BCUT2D eigenvalue weighted by Gasteiger charge is 2.13. The van der Waals surface area contributed by atoms with Gasteiger partial charge in [0.25, 0.3) is 5.91 Å². The lowest BCUT2D eigenvalue weighted by molar-refractivity contribution is 0.0868. The molecule has 1 rings (SSSR count). The lowest BCUT2D eigenvalue weighted by Gasteiger charge is -2.12. The standard InChI is InChI=1S/C9H16N4O2/c1-3-15-5-6(2)12-9(14)8-7(10)4-11-13-8/h4,6H,3,5,10H2,1-2H3,(H,11,13)(H,12,14). The Morgan fingerprint density at radius 1 is 1.80 bits per heavy atom. The SMILES string of the molecule is CCOCC(C)NC(=O)c1[nH]ncc1N. The molecule has 0 fully saturated rings. The number of nitrogens with two attached hydrogens (primary N) is 1. The van der Waals surface area contributed by atoms with Crippen molar-refractivity contribution in [1.82, 2.24) is 15.5 Å². The number of hydrogen-bond acceptors (Lipinski definition) is 4. The van der Waals surface area contributed by atoms with Gasteiger partial charge in [-0.3, -0.25) is 9.89 Å². The molecule has 0 aliphatic rings. The average Bonchev–Trinajstić information content (AvgIpc) is 2.61. The second kappa shape index (κ2) is 5.35. The molecule has 15 heavy (non-hydrogen) atoms. The average molecular weight is 212 g/mol. The van der Waals surface area contributed by atoms with E-state index in [0.29, 0.717) is 24.6 Å². The third-order valence-corrected chi connectivity index (χ3v) is 1.85. The molecule has 0 spiro atoms. The van der Waals surface area contributed by atoms with E-state index in [1.807, 2.05) is 13.8 Å². The molecular weight excluding hydrogens is 196 g/mol. The molecule has 0 radical (unpaired) electrons. The molecule has 0 saturated heterocycles. The molecule has 1 atom stereocenters. The number of carbonyl (C=O) groups is 1. The number of ether oxygens (including phenoxy) is 1. The van der Waals surface area contributed by atoms with Crippen molar-refractivity contribution < 1.29 is 9.53 Å². The molecule has 1 heterocycles. The molecule has 1 amide bonds. The predicted octanol–water partition coefficient (Wildman–Crippen LogP) is 0.147. The Labute approximate surface area is 88.2 Å². The van der Waals surface area contributed by atoms with Crippen LogP contribution >= 0.6 is 0 Å². The third-order valence-electron chi connectivity index (χ3n) is 1.85. The smallest absolute Gasteiger partial charge is 0.271 e. The van der Waals surface area contributed by atoms with Crippen molar-refractivity contribution in [2.45, 2.75) is 19.9 Å². The lowest BCUT2D eigenvalue weighted by atomic mass is 10.3. The first kappa shape index (κ1) is 11.5. The summed E-state index contributed by atoms with van der Waals surface area (Å²) in [5.41, 5.74) is 6.17. The van der Waals surface area contributed by atoms with Crippen LogP contribution < -0.4 is 11.1 Å². The van der Waals surface area contributed by atoms with Gasteiger partial charge in [0.2, 0.25) is 0 Å². The van der Waals surface area contributed by atoms with Gasteiger partial charge in [-0.15, -0.1) is 0 Å². The van der Waals surface area contributed by atoms with Gasteiger partial charge in [0.15, 0.2) is 0 Å². The summed E-state index contributed by atoms with van der Waals surface area (Å²) in [6, 6.07) is -0.0554. The molecule has 0 saturated carbocycles. The summed E-state index contributed by atoms with van der Waals surface area (Å²) in [5.74, 6) is -0.266. The molecule has 0 aromatic carbocycles. The number of hydrogen-bond donors (Lipinski definition) is 3. The van der Waals surface area contributed by atoms with Gasteiger partial charge >= 0.3 is 0 Å². The van der Waals surface area contributed by atoms with Crippen LogP contribution in [0, 0.1) is 0 Å². The largest absolute Gasteiger partial charge is 0.396 e. The molecule has 0 aliphatic heterocycles. The summed E-state index contributed by atoms with van der Waals surface area (Å²) in [4.78, 5) is 11.6. The van der Waals surface area contributed by atoms with Gasteiger partial charge in [-0.2, -0.15) is 5.10 Å². The minimum Gasteiger partial charge on any atom is -0.396 e. The summed E-state index contributed by atoms with van der Waals surface area (Å²) >= 11 is 0. The molecule has 1 aromatic rings. The predicted molar refractivity (Wildman–Crippen MR) is 56.4 cm³/mol. The highest BCUT2D eigenvalue weighted by molar-refractivity contribution is 5.97. The van der Waals surface area contributed by atoms with E-state index < -0.39 is 0 Å². The minimum absolute atomic E-state index is 0.0554. The zero-order valence-electron chi connectivity index (χ0n) is 8.91. The van der Waals surface area contributed by atoms with Crippen molar-refractivity contribution in [2.75, 3.05) is 18.9 Å². The van der Waals surface area contributed by atoms with Crippen molar-refractivity contribution in [1.29, 1.82) is 0 Å². The first-order chi connectivity index (χ1) is 7.15. The minimum atomic E-state index is -0.266. The number of rotatable bonds is 5. The van der Waals surface area contributed by atoms with Crippen LogP contribution in [0.15, 0.2) is 6.20 Å². The maximum atomic E-state index is 11.6. The van der Waals surface area contributed by atoms with E-state index in [9.17, 15) is 4.79 Å². The first-order valence-corrected chi connectivity index (χ1v) is 4.82. The van der Waals surface area contributed by atoms with Gasteiger partial charge in [0.1, 0.15) is 5.69 Å². The Morgan fingerprint density at radius 2 is 2.53 bits per heavy atom. The van der Waals surface area contributed by atoms with Crippen molar-refractivity contribution >= 4 is 11.6 Å². The van der Waals surface area contributed by atoms with Crippen molar-refractivity contribution in [3.05, 3.63) is 11.9 Å². The number of nitrogens with one attached hydrogen (secondary N) is 2. The summed E-state index contributed by atoms with van der Waals surface area (Å²) in [6.45, 7) is 4.88. The van der Waals surface area contributed by atoms with E-state index in [2.05, 4.69) is 15.5 Å². The Kier molecular flexibility index (Phi) is 4.11. The number of anilines is 1. The molecule has 6 heteroatoms. The zero-order chi connectivity index (χ0) is 11.3. The maximum absolute atomic E-state index is 11.6. The Morgan fingerprint density at radius 3 is 3.07 bits per heavy atom. The molecule has 4 N–H and O–H groups in total. The van der Waals surface area contributed by atoms with Crippen LogP contribution in [0.25, 0.3) is 0 Å². The molecule has 6 nitrogen and oxygen atoms in total. The normalized spacial score (nSPS) is 12.4. The second-order valence-electron chi connectivity index (χ2n) is 3.23. The quantitative estimate of drug-likeness (QED) is 0.647. The summed E-state index contributed by atoms with van der Waals surface area (Å²) in [6.07, 6.45) is 1.40. The van der Waals surface area contributed by atoms with Crippen LogP contribution in [-0.2, 0) is 4.74 Å². The number of carbonyl (C=O) groups excluding carboxylic acids is 1. The van der Waals surface area contributed by atoms with Gasteiger partial charge in [-0.1, -0.05) is 0 Å². The van der Waals surface area contributed by atoms with E-state index >= 15 is 0 Å². The fourth-order valence-electron chi connectivity index (χ4n) is 1.11. The van der Waals surface area contributed by atoms with Crippen LogP contribution in [0.2, 0.25) is 0 Å². The molecule has 0 bridgehead atoms. The number of aromatic amines is 1. The lowest BCUT2D eigenvalue weighted by Crippen LogP contribution is -2.36. The van der Waals surface area contributed by atoms with Crippen LogP contribution in [0.1, 0.15) is 24.3 Å². The fourth-order valence-corrected chi connectivity index (χ4v) is 1.11. The Bertz CT molecular complexity index is 324. The Hall–Kier alpha value is -1.56. The van der Waals surface area contributed by atoms with Crippen LogP contribution in [0.3, 0.4) is 0 Å². The van der Waals surface area contributed by atoms with Crippen LogP contribution in [0.5, 0.6) is 0 Å². The van der Waals surface area contributed by atoms with E-state index in [1.54, 1.807) is 0 Å². The van der Waals surface area contributed by atoms with Gasteiger partial charge in [0.05, 0.1) is 18.5 Å². The second-order valence-corrected chi connectivity index (χ2v) is 3.23. The van der Waals surface area contributed by atoms with E-state index in [4.69, 9.17) is 10.5 Å². The number of nitrogen functional groups attached to an aromatic ring is 1. The van der Waals surface area contributed by atoms with Crippen molar-refractivity contribution in [3.63, 3.8) is 0 Å². The summed E-state index contributed by atoms with van der Waals surface area (Å²) in [5, 5.41) is 8.95. The number of H-pyrrole nitrogens is 1. The van der Waals surface area contributed by atoms with Crippen LogP contribution in [-0.4, -0.2) is 35.4 Å². The Balaban J connectivity index is 2.46. The van der Waals surface area contributed by atoms with E-state index in [-0.39, 0.29) is 11.9 Å². The van der Waals surface area contributed by atoms with E-state index in [0.717, 1.165) is 0 Å². The maximum Gasteiger partial charge on any atom is 0.271 e. The topological polar surface area (TPSA) is 93.0 Å². The monoisotopic (exact) mass is 212 g/mol. The van der Waals surface area contributed by atoms with Crippen molar-refractivity contribution in [2.24, 2.45) is 0 Å². The number of aromatic nitrogens is 2. The summed E-state index contributed by atoms with van der Waals surface area (Å²) < 4.78 is 5.17. The van der Waals surface area contributed by atoms with Crippen molar-refractivity contribution in [3.8, 4) is 0 Å². The van der Waals surface area contributed by atoms with Crippen LogP contribution in [0.4, 0.5) is 5.69 Å². The zero-order valence-corrected chi connectivity index (χ0v) is 8.91. The molecular formula is C9H16N4O2. The first-order valence-electron chi connectivity index (χ1n) is 4.82. The number of nitrogens with zero attached hydrogens (tertiary/aromatic N) is 1. The molecule has 0 aliphatic carbocycles. The molecule has 84 valence electrons. The van der Waals surface area contributed by atoms with E-state index in [1.165, 1.54) is 6.20 Å². The van der Waals surface area contributed by atoms with Gasteiger partial charge < -0.3 is 15.8 Å². The van der Waals surface area contributed by atoms with Gasteiger partial charge in [-0.25, -0.2) is 0 Å². The highest BCUT2D eigenvalue weighted by Crippen LogP contribution is 2.05. The number of amides is 1. The third kappa shape index (κ3) is 3.25. The summed E-state index contributed by atoms with van der Waals surface area (Å²) in [7, 11) is 0. The van der Waals surface area contributed by atoms with Gasteiger partial charge in [-0.05, 0) is 13.8 Å². The highest BCUT2D eigenvalue weighted by atomic mass is 16.5. The molecule has 1 aromatic heterocycles. The molecule has 1 unspecified atom stereocenters. The van der Waals surface area contributed by atoms with Gasteiger partial charge in [0, 0.05) is 12.6 Å². The fraction of sp³-hybridized carbons (Fsp3) is 0.556.